The van der Waals surface area contributed by atoms with Gasteiger partial charge in [-0.05, 0) is 20.8 Å². The van der Waals surface area contributed by atoms with Crippen LogP contribution in [0.1, 0.15) is 33.3 Å². The molecule has 11 heteroatoms. The van der Waals surface area contributed by atoms with Crippen LogP contribution in [0.25, 0.3) is 5.70 Å². The Kier molecular flexibility index (Phi) is 7.70. The van der Waals surface area contributed by atoms with Crippen molar-refractivity contribution in [3.8, 4) is 5.75 Å². The Labute approximate surface area is 181 Å². The van der Waals surface area contributed by atoms with E-state index >= 15 is 0 Å². The molecule has 2 aromatic rings. The molecular weight excluding hydrogens is 420 g/mol. The average molecular weight is 447 g/mol. The van der Waals surface area contributed by atoms with Crippen LogP contribution in [0.4, 0.5) is 17.3 Å². The number of sulfone groups is 1. The van der Waals surface area contributed by atoms with Gasteiger partial charge in [-0.25, -0.2) is 18.4 Å². The first-order valence-electron chi connectivity index (χ1n) is 9.38. The van der Waals surface area contributed by atoms with Crippen molar-refractivity contribution in [3.63, 3.8) is 0 Å². The van der Waals surface area contributed by atoms with Crippen molar-refractivity contribution in [2.75, 3.05) is 16.9 Å². The minimum atomic E-state index is -3.60. The zero-order valence-electron chi connectivity index (χ0n) is 18.0. The van der Waals surface area contributed by atoms with Crippen molar-refractivity contribution in [1.82, 2.24) is 9.97 Å². The smallest absolute Gasteiger partial charge is 0.222 e. The summed E-state index contributed by atoms with van der Waals surface area (Å²) in [4.78, 5) is 24.1. The Morgan fingerprint density at radius 3 is 2.52 bits per heavy atom. The van der Waals surface area contributed by atoms with E-state index in [0.717, 1.165) is 6.26 Å². The normalized spacial score (nSPS) is 12.3. The van der Waals surface area contributed by atoms with Gasteiger partial charge in [0.2, 0.25) is 5.91 Å². The van der Waals surface area contributed by atoms with Crippen LogP contribution in [0.5, 0.6) is 5.75 Å². The molecule has 0 saturated heterocycles. The number of rotatable bonds is 8. The molecule has 0 aliphatic rings. The van der Waals surface area contributed by atoms with Crippen LogP contribution in [0, 0.1) is 0 Å². The van der Waals surface area contributed by atoms with Gasteiger partial charge in [-0.1, -0.05) is 0 Å². The van der Waals surface area contributed by atoms with Gasteiger partial charge in [0.1, 0.15) is 17.4 Å². The van der Waals surface area contributed by atoms with Crippen molar-refractivity contribution in [3.05, 3.63) is 36.2 Å². The van der Waals surface area contributed by atoms with Gasteiger partial charge in [0.05, 0.1) is 17.5 Å². The molecule has 0 bridgehead atoms. The monoisotopic (exact) mass is 446 g/mol. The van der Waals surface area contributed by atoms with Gasteiger partial charge >= 0.3 is 0 Å². The highest BCUT2D eigenvalue weighted by Gasteiger charge is 2.16. The molecule has 31 heavy (non-hydrogen) atoms. The Hall–Kier alpha value is -3.47. The van der Waals surface area contributed by atoms with Crippen LogP contribution < -0.4 is 21.1 Å². The van der Waals surface area contributed by atoms with Crippen molar-refractivity contribution < 1.29 is 17.9 Å². The molecule has 2 aromatic heterocycles. The first-order chi connectivity index (χ1) is 14.5. The van der Waals surface area contributed by atoms with Crippen molar-refractivity contribution in [2.24, 2.45) is 10.7 Å². The summed E-state index contributed by atoms with van der Waals surface area (Å²) in [6, 6.07) is 4.51. The van der Waals surface area contributed by atoms with Gasteiger partial charge in [0, 0.05) is 55.6 Å². The predicted molar refractivity (Wildman–Crippen MR) is 121 cm³/mol. The van der Waals surface area contributed by atoms with E-state index in [4.69, 9.17) is 10.5 Å². The topological polar surface area (TPSA) is 149 Å². The van der Waals surface area contributed by atoms with Gasteiger partial charge in [-0.15, -0.1) is 0 Å². The predicted octanol–water partition coefficient (Wildman–Crippen LogP) is 2.72. The number of nitrogens with one attached hydrogen (secondary N) is 2. The van der Waals surface area contributed by atoms with Crippen LogP contribution >= 0.6 is 0 Å². The lowest BCUT2D eigenvalue weighted by molar-refractivity contribution is -0.114. The van der Waals surface area contributed by atoms with E-state index < -0.39 is 9.84 Å². The number of aliphatic imine (C=N–C) groups is 1. The van der Waals surface area contributed by atoms with Gasteiger partial charge in [0.25, 0.3) is 0 Å². The van der Waals surface area contributed by atoms with Gasteiger partial charge in [-0.3, -0.25) is 9.79 Å². The SMILES string of the molecule is CC=N/C(=C\N)c1cnc(NC(C)=O)cc1Nc1cc(OC(C)C)cc(S(C)(=O)=O)n1. The minimum Gasteiger partial charge on any atom is -0.491 e. The number of pyridine rings is 2. The van der Waals surface area contributed by atoms with E-state index in [0.29, 0.717) is 22.7 Å². The number of carbonyl (C=O) groups excluding carboxylic acids is 1. The molecule has 0 saturated carbocycles. The highest BCUT2D eigenvalue weighted by atomic mass is 32.2. The summed E-state index contributed by atoms with van der Waals surface area (Å²) in [5.74, 6) is 0.550. The van der Waals surface area contributed by atoms with Crippen LogP contribution in [-0.4, -0.2) is 42.9 Å². The van der Waals surface area contributed by atoms with Crippen molar-refractivity contribution in [1.29, 1.82) is 0 Å². The first kappa shape index (κ1) is 23.8. The van der Waals surface area contributed by atoms with Crippen LogP contribution in [-0.2, 0) is 14.6 Å². The summed E-state index contributed by atoms with van der Waals surface area (Å²) >= 11 is 0. The maximum atomic E-state index is 12.1. The molecule has 0 radical (unpaired) electrons. The molecule has 0 aliphatic heterocycles. The molecule has 4 N–H and O–H groups in total. The molecule has 10 nitrogen and oxygen atoms in total. The number of amides is 1. The van der Waals surface area contributed by atoms with Crippen molar-refractivity contribution in [2.45, 2.75) is 38.8 Å². The molecule has 2 heterocycles. The first-order valence-corrected chi connectivity index (χ1v) is 11.3. The standard InChI is InChI=1S/C20H26N6O4S/c1-6-22-17(10-21)15-11-23-18(24-13(4)27)9-16(15)25-19-7-14(30-12(2)3)8-20(26-19)31(5,28)29/h6-12H,21H2,1-5H3,(H2,23,24,25,26,27)/b17-10-,22-6?. The lowest BCUT2D eigenvalue weighted by Gasteiger charge is -2.16. The van der Waals surface area contributed by atoms with E-state index in [9.17, 15) is 13.2 Å². The number of nitrogens with zero attached hydrogens (tertiary/aromatic N) is 3. The third-order valence-electron chi connectivity index (χ3n) is 3.70. The Morgan fingerprint density at radius 2 is 1.97 bits per heavy atom. The maximum absolute atomic E-state index is 12.1. The number of nitrogens with two attached hydrogens (primary N) is 1. The molecule has 166 valence electrons. The van der Waals surface area contributed by atoms with E-state index in [1.807, 2.05) is 13.8 Å². The second kappa shape index (κ2) is 10.0. The van der Waals surface area contributed by atoms with Gasteiger partial charge in [-0.2, -0.15) is 0 Å². The Bertz CT molecular complexity index is 1130. The van der Waals surface area contributed by atoms with E-state index in [-0.39, 0.29) is 28.7 Å². The molecular formula is C20H26N6O4S. The number of hydrogen-bond donors (Lipinski definition) is 3. The largest absolute Gasteiger partial charge is 0.491 e. The zero-order chi connectivity index (χ0) is 23.2. The molecule has 0 aliphatic carbocycles. The number of ether oxygens (including phenoxy) is 1. The number of carbonyl (C=O) groups is 1. The Balaban J connectivity index is 2.62. The van der Waals surface area contributed by atoms with E-state index in [2.05, 4.69) is 25.6 Å². The molecule has 0 fully saturated rings. The lowest BCUT2D eigenvalue weighted by atomic mass is 10.1. The molecule has 0 unspecified atom stereocenters. The molecule has 2 rings (SSSR count). The summed E-state index contributed by atoms with van der Waals surface area (Å²) < 4.78 is 29.9. The minimum absolute atomic E-state index is 0.146. The highest BCUT2D eigenvalue weighted by Crippen LogP contribution is 2.30. The van der Waals surface area contributed by atoms with Crippen LogP contribution in [0.2, 0.25) is 0 Å². The fourth-order valence-electron chi connectivity index (χ4n) is 2.57. The molecule has 0 atom stereocenters. The second-order valence-electron chi connectivity index (χ2n) is 6.83. The van der Waals surface area contributed by atoms with Crippen LogP contribution in [0.15, 0.2) is 40.6 Å². The third kappa shape index (κ3) is 6.78. The third-order valence-corrected chi connectivity index (χ3v) is 4.67. The molecule has 0 aromatic carbocycles. The highest BCUT2D eigenvalue weighted by molar-refractivity contribution is 7.90. The average Bonchev–Trinajstić information content (AvgIpc) is 2.65. The number of anilines is 3. The molecule has 1 amide bonds. The fraction of sp³-hybridized carbons (Fsp3) is 0.300. The Morgan fingerprint density at radius 1 is 1.26 bits per heavy atom. The zero-order valence-corrected chi connectivity index (χ0v) is 18.8. The quantitative estimate of drug-likeness (QED) is 0.524. The lowest BCUT2D eigenvalue weighted by Crippen LogP contribution is -2.10. The summed E-state index contributed by atoms with van der Waals surface area (Å²) in [6.45, 7) is 6.76. The second-order valence-corrected chi connectivity index (χ2v) is 8.79. The summed E-state index contributed by atoms with van der Waals surface area (Å²) in [7, 11) is -3.60. The molecule has 0 spiro atoms. The maximum Gasteiger partial charge on any atom is 0.222 e. The summed E-state index contributed by atoms with van der Waals surface area (Å²) in [5.41, 5.74) is 7.11. The fourth-order valence-corrected chi connectivity index (χ4v) is 3.16. The van der Waals surface area contributed by atoms with Crippen molar-refractivity contribution >= 4 is 45.0 Å². The van der Waals surface area contributed by atoms with Gasteiger partial charge < -0.3 is 21.1 Å². The summed E-state index contributed by atoms with van der Waals surface area (Å²) in [6.07, 6.45) is 5.27. The van der Waals surface area contributed by atoms with E-state index in [1.165, 1.54) is 25.4 Å². The van der Waals surface area contributed by atoms with Crippen LogP contribution in [0.3, 0.4) is 0 Å². The number of hydrogen-bond acceptors (Lipinski definition) is 9. The van der Waals surface area contributed by atoms with E-state index in [1.54, 1.807) is 25.3 Å². The summed E-state index contributed by atoms with van der Waals surface area (Å²) in [5, 5.41) is 5.52. The number of aromatic nitrogens is 2. The van der Waals surface area contributed by atoms with Gasteiger partial charge in [0.15, 0.2) is 14.9 Å².